The number of hydrogen-bond acceptors (Lipinski definition) is 7. The van der Waals surface area contributed by atoms with E-state index in [1.54, 1.807) is 60.0 Å². The lowest BCUT2D eigenvalue weighted by Gasteiger charge is -2.12. The molecule has 0 aliphatic carbocycles. The smallest absolute Gasteiger partial charge is 0.280 e. The maximum absolute atomic E-state index is 14.0. The summed E-state index contributed by atoms with van der Waals surface area (Å²) in [6, 6.07) is 10.1. The third-order valence-electron chi connectivity index (χ3n) is 7.11. The summed E-state index contributed by atoms with van der Waals surface area (Å²) in [4.78, 5) is 35.6. The van der Waals surface area contributed by atoms with Crippen LogP contribution in [0.25, 0.3) is 43.5 Å². The second-order valence-electron chi connectivity index (χ2n) is 9.62. The van der Waals surface area contributed by atoms with Crippen LogP contribution in [0, 0.1) is 6.92 Å². The number of para-hydroxylation sites is 1. The normalized spacial score (nSPS) is 11.6. The van der Waals surface area contributed by atoms with Crippen LogP contribution in [-0.4, -0.2) is 41.3 Å². The number of benzene rings is 1. The van der Waals surface area contributed by atoms with Gasteiger partial charge < -0.3 is 11.1 Å². The zero-order chi connectivity index (χ0) is 29.7. The number of aromatic nitrogens is 6. The molecule has 0 aliphatic heterocycles. The maximum Gasteiger partial charge on any atom is 0.280 e. The minimum absolute atomic E-state index is 0.0112. The van der Waals surface area contributed by atoms with Crippen LogP contribution in [0.5, 0.6) is 0 Å². The van der Waals surface area contributed by atoms with Crippen molar-refractivity contribution in [2.24, 2.45) is 12.8 Å². The predicted octanol–water partition coefficient (Wildman–Crippen LogP) is 5.73. The van der Waals surface area contributed by atoms with E-state index in [1.165, 1.54) is 6.07 Å². The van der Waals surface area contributed by atoms with Crippen molar-refractivity contribution in [1.82, 2.24) is 29.5 Å². The number of halogens is 2. The van der Waals surface area contributed by atoms with Gasteiger partial charge in [0.25, 0.3) is 18.2 Å². The number of carbonyl (C=O) groups is 2. The first-order valence-electron chi connectivity index (χ1n) is 12.9. The van der Waals surface area contributed by atoms with Crippen molar-refractivity contribution in [2.45, 2.75) is 26.8 Å². The van der Waals surface area contributed by atoms with Crippen molar-refractivity contribution >= 4 is 50.0 Å². The Bertz CT molecular complexity index is 2030. The molecule has 1 aromatic carbocycles. The monoisotopic (exact) mass is 586 g/mol. The van der Waals surface area contributed by atoms with Crippen LogP contribution in [-0.2, 0) is 13.6 Å². The van der Waals surface area contributed by atoms with E-state index in [4.69, 9.17) is 10.7 Å². The molecular weight excluding hydrogens is 562 g/mol. The lowest BCUT2D eigenvalue weighted by Crippen LogP contribution is -2.17. The molecule has 0 unspecified atom stereocenters. The molecule has 5 aromatic heterocycles. The molecule has 13 heteroatoms. The minimum atomic E-state index is -2.86. The number of pyridine rings is 2. The number of carbonyl (C=O) groups excluding carboxylic acids is 2. The van der Waals surface area contributed by atoms with Gasteiger partial charge in [0, 0.05) is 47.4 Å². The molecule has 10 nitrogen and oxygen atoms in total. The molecule has 0 saturated heterocycles. The highest BCUT2D eigenvalue weighted by Crippen LogP contribution is 2.43. The van der Waals surface area contributed by atoms with Gasteiger partial charge in [-0.2, -0.15) is 10.2 Å². The van der Waals surface area contributed by atoms with Gasteiger partial charge in [-0.1, -0.05) is 18.2 Å². The number of aryl methyl sites for hydroxylation is 2. The van der Waals surface area contributed by atoms with Crippen molar-refractivity contribution in [1.29, 1.82) is 0 Å². The fraction of sp³-hybridized carbons (Fsp3) is 0.172. The van der Waals surface area contributed by atoms with E-state index in [0.717, 1.165) is 16.9 Å². The number of anilines is 1. The molecule has 0 radical (unpaired) electrons. The van der Waals surface area contributed by atoms with Crippen LogP contribution in [0.4, 0.5) is 14.5 Å². The Labute approximate surface area is 241 Å². The van der Waals surface area contributed by atoms with Gasteiger partial charge in [-0.25, -0.2) is 18.7 Å². The number of hydrogen-bond donors (Lipinski definition) is 2. The molecule has 0 spiro atoms. The molecule has 0 fully saturated rings. The Hall–Kier alpha value is -5.04. The van der Waals surface area contributed by atoms with Crippen molar-refractivity contribution in [3.05, 3.63) is 76.8 Å². The molecule has 6 aromatic rings. The second-order valence-corrected chi connectivity index (χ2v) is 10.6. The molecule has 0 bridgehead atoms. The molecule has 0 saturated carbocycles. The first-order valence-corrected chi connectivity index (χ1v) is 13.8. The third kappa shape index (κ3) is 4.57. The summed E-state index contributed by atoms with van der Waals surface area (Å²) in [5, 5.41) is 12.4. The predicted molar refractivity (Wildman–Crippen MR) is 157 cm³/mol. The highest BCUT2D eigenvalue weighted by atomic mass is 32.1. The van der Waals surface area contributed by atoms with Gasteiger partial charge in [0.1, 0.15) is 15.4 Å². The summed E-state index contributed by atoms with van der Waals surface area (Å²) in [5.41, 5.74) is 9.12. The zero-order valence-corrected chi connectivity index (χ0v) is 23.5. The van der Waals surface area contributed by atoms with Gasteiger partial charge in [-0.15, -0.1) is 11.3 Å². The average Bonchev–Trinajstić information content (AvgIpc) is 3.69. The first-order chi connectivity index (χ1) is 20.2. The van der Waals surface area contributed by atoms with Gasteiger partial charge >= 0.3 is 0 Å². The lowest BCUT2D eigenvalue weighted by molar-refractivity contribution is 0.100. The lowest BCUT2D eigenvalue weighted by atomic mass is 10.0. The van der Waals surface area contributed by atoms with Crippen LogP contribution < -0.4 is 11.1 Å². The van der Waals surface area contributed by atoms with Gasteiger partial charge in [0.2, 0.25) is 0 Å². The summed E-state index contributed by atoms with van der Waals surface area (Å²) in [6.07, 6.45) is 2.20. The molecule has 3 N–H and O–H groups in total. The van der Waals surface area contributed by atoms with E-state index < -0.39 is 23.9 Å². The Morgan fingerprint density at radius 3 is 2.55 bits per heavy atom. The highest BCUT2D eigenvalue weighted by molar-refractivity contribution is 7.21. The minimum Gasteiger partial charge on any atom is -0.365 e. The van der Waals surface area contributed by atoms with E-state index in [1.807, 2.05) is 19.2 Å². The standard InChI is InChI=1S/C29H24F2N8O2S/c1-4-39-13-15(11-34-39)21-10-18(16-7-5-6-8-20(16)35-21)28(41)37-24-23-17(19-12-33-38(3)14(19)2)9-22(26(30)31)36-29(23)42-25(24)27(32)40/h5-13,26H,4H2,1-3H3,(H2,32,40)(H,37,41). The van der Waals surface area contributed by atoms with Gasteiger partial charge in [0.15, 0.2) is 0 Å². The Morgan fingerprint density at radius 2 is 1.88 bits per heavy atom. The van der Waals surface area contributed by atoms with Crippen molar-refractivity contribution < 1.29 is 18.4 Å². The molecular formula is C29H24F2N8O2S. The number of amides is 2. The largest absolute Gasteiger partial charge is 0.365 e. The number of thiophene rings is 1. The van der Waals surface area contributed by atoms with Crippen molar-refractivity contribution in [3.63, 3.8) is 0 Å². The number of nitrogens with two attached hydrogens (primary N) is 1. The van der Waals surface area contributed by atoms with E-state index in [2.05, 4.69) is 20.5 Å². The summed E-state index contributed by atoms with van der Waals surface area (Å²) in [7, 11) is 1.73. The maximum atomic E-state index is 14.0. The first kappa shape index (κ1) is 27.1. The number of fused-ring (bicyclic) bond motifs is 2. The zero-order valence-electron chi connectivity index (χ0n) is 22.7. The van der Waals surface area contributed by atoms with Crippen molar-refractivity contribution in [3.8, 4) is 22.4 Å². The topological polar surface area (TPSA) is 134 Å². The van der Waals surface area contributed by atoms with Crippen molar-refractivity contribution in [2.75, 3.05) is 5.32 Å². The third-order valence-corrected chi connectivity index (χ3v) is 8.21. The fourth-order valence-electron chi connectivity index (χ4n) is 4.86. The molecule has 0 atom stereocenters. The van der Waals surface area contributed by atoms with Crippen LogP contribution in [0.15, 0.2) is 55.0 Å². The molecule has 42 heavy (non-hydrogen) atoms. The van der Waals surface area contributed by atoms with E-state index in [-0.39, 0.29) is 15.4 Å². The molecule has 0 aliphatic rings. The Kier molecular flexibility index (Phi) is 6.73. The average molecular weight is 587 g/mol. The second kappa shape index (κ2) is 10.4. The van der Waals surface area contributed by atoms with E-state index in [0.29, 0.717) is 50.9 Å². The summed E-state index contributed by atoms with van der Waals surface area (Å²) < 4.78 is 31.1. The summed E-state index contributed by atoms with van der Waals surface area (Å²) in [5.74, 6) is -1.36. The number of rotatable bonds is 7. The quantitative estimate of drug-likeness (QED) is 0.246. The van der Waals surface area contributed by atoms with Gasteiger partial charge in [-0.3, -0.25) is 19.0 Å². The van der Waals surface area contributed by atoms with Gasteiger partial charge in [0.05, 0.1) is 34.9 Å². The SMILES string of the molecule is CCn1cc(-c2cc(C(=O)Nc3c(C(N)=O)sc4nc(C(F)F)cc(-c5cnn(C)c5C)c34)c3ccccc3n2)cn1. The van der Waals surface area contributed by atoms with Crippen LogP contribution in [0.2, 0.25) is 0 Å². The fourth-order valence-corrected chi connectivity index (χ4v) is 5.87. The number of nitrogens with zero attached hydrogens (tertiary/aromatic N) is 6. The number of alkyl halides is 2. The number of primary amides is 1. The Morgan fingerprint density at radius 1 is 1.10 bits per heavy atom. The molecule has 5 heterocycles. The highest BCUT2D eigenvalue weighted by Gasteiger charge is 2.27. The van der Waals surface area contributed by atoms with Crippen LogP contribution in [0.3, 0.4) is 0 Å². The number of nitrogens with one attached hydrogen (secondary N) is 1. The molecule has 212 valence electrons. The molecule has 2 amide bonds. The van der Waals surface area contributed by atoms with Gasteiger partial charge in [-0.05, 0) is 37.6 Å². The molecule has 6 rings (SSSR count). The van der Waals surface area contributed by atoms with E-state index >= 15 is 0 Å². The van der Waals surface area contributed by atoms with Crippen LogP contribution in [0.1, 0.15) is 44.8 Å². The van der Waals surface area contributed by atoms with E-state index in [9.17, 15) is 18.4 Å². The summed E-state index contributed by atoms with van der Waals surface area (Å²) >= 11 is 0.847. The Balaban J connectivity index is 1.55. The summed E-state index contributed by atoms with van der Waals surface area (Å²) in [6.45, 7) is 4.43. The van der Waals surface area contributed by atoms with Crippen LogP contribution >= 0.6 is 11.3 Å².